The first kappa shape index (κ1) is 8.42. The second kappa shape index (κ2) is 2.80. The van der Waals surface area contributed by atoms with Gasteiger partial charge in [-0.3, -0.25) is 0 Å². The third kappa shape index (κ3) is 1.04. The van der Waals surface area contributed by atoms with Crippen molar-refractivity contribution >= 4 is 0 Å². The van der Waals surface area contributed by atoms with E-state index in [1.807, 2.05) is 6.07 Å². The second-order valence-corrected chi connectivity index (χ2v) is 4.54. The number of halogens is 1. The molecule has 0 bridgehead atoms. The summed E-state index contributed by atoms with van der Waals surface area (Å²) >= 11 is 0. The molecule has 2 aliphatic rings. The molecule has 0 amide bonds. The molecule has 1 aliphatic heterocycles. The van der Waals surface area contributed by atoms with Gasteiger partial charge in [-0.1, -0.05) is 12.5 Å². The van der Waals surface area contributed by atoms with Crippen molar-refractivity contribution in [2.24, 2.45) is 0 Å². The number of fused-ring (bicyclic) bond motifs is 2. The molecule has 1 nitrogen and oxygen atoms in total. The Kier molecular flexibility index (Phi) is 1.68. The Labute approximate surface area is 83.3 Å². The number of hydrogen-bond donors (Lipinski definition) is 1. The van der Waals surface area contributed by atoms with E-state index in [4.69, 9.17) is 0 Å². The van der Waals surface area contributed by atoms with Gasteiger partial charge in [0.15, 0.2) is 0 Å². The van der Waals surface area contributed by atoms with Crippen LogP contribution in [0.25, 0.3) is 0 Å². The average molecular weight is 191 g/mol. The van der Waals surface area contributed by atoms with Gasteiger partial charge in [0.05, 0.1) is 0 Å². The second-order valence-electron chi connectivity index (χ2n) is 4.54. The molecule has 0 aromatic heterocycles. The fourth-order valence-corrected chi connectivity index (χ4v) is 2.81. The zero-order chi connectivity index (χ0) is 9.60. The van der Waals surface area contributed by atoms with Crippen LogP contribution >= 0.6 is 0 Å². The summed E-state index contributed by atoms with van der Waals surface area (Å²) in [5, 5.41) is 3.39. The quantitative estimate of drug-likeness (QED) is 0.663. The molecule has 0 atom stereocenters. The van der Waals surface area contributed by atoms with E-state index in [2.05, 4.69) is 5.32 Å². The number of hydrogen-bond acceptors (Lipinski definition) is 1. The lowest BCUT2D eigenvalue weighted by molar-refractivity contribution is 0.219. The Balaban J connectivity index is 2.10. The SMILES string of the molecule is Fc1ccc2c(c1)CNCC21CCC1. The smallest absolute Gasteiger partial charge is 0.123 e. The van der Waals surface area contributed by atoms with Gasteiger partial charge < -0.3 is 5.32 Å². The molecule has 14 heavy (non-hydrogen) atoms. The van der Waals surface area contributed by atoms with Gasteiger partial charge in [-0.15, -0.1) is 0 Å². The van der Waals surface area contributed by atoms with Crippen LogP contribution in [-0.4, -0.2) is 6.54 Å². The highest BCUT2D eigenvalue weighted by molar-refractivity contribution is 5.39. The molecule has 0 saturated heterocycles. The Morgan fingerprint density at radius 2 is 2.14 bits per heavy atom. The first-order chi connectivity index (χ1) is 6.80. The summed E-state index contributed by atoms with van der Waals surface area (Å²) < 4.78 is 13.0. The molecule has 1 heterocycles. The maximum atomic E-state index is 13.0. The van der Waals surface area contributed by atoms with Gasteiger partial charge in [0.1, 0.15) is 5.82 Å². The lowest BCUT2D eigenvalue weighted by Crippen LogP contribution is -2.47. The minimum absolute atomic E-state index is 0.109. The number of benzene rings is 1. The Bertz CT molecular complexity index is 369. The van der Waals surface area contributed by atoms with Gasteiger partial charge in [-0.2, -0.15) is 0 Å². The fourth-order valence-electron chi connectivity index (χ4n) is 2.81. The van der Waals surface area contributed by atoms with Gasteiger partial charge in [-0.05, 0) is 36.1 Å². The molecular formula is C12H14FN. The highest BCUT2D eigenvalue weighted by Crippen LogP contribution is 2.46. The van der Waals surface area contributed by atoms with Gasteiger partial charge in [0, 0.05) is 18.5 Å². The Morgan fingerprint density at radius 1 is 1.29 bits per heavy atom. The molecule has 1 aromatic rings. The molecule has 1 fully saturated rings. The van der Waals surface area contributed by atoms with Gasteiger partial charge in [0.2, 0.25) is 0 Å². The summed E-state index contributed by atoms with van der Waals surface area (Å²) in [6.45, 7) is 1.90. The zero-order valence-electron chi connectivity index (χ0n) is 8.15. The third-order valence-electron chi connectivity index (χ3n) is 3.73. The molecule has 1 N–H and O–H groups in total. The number of rotatable bonds is 0. The summed E-state index contributed by atoms with van der Waals surface area (Å²) in [5.74, 6) is -0.109. The molecule has 1 aromatic carbocycles. The van der Waals surface area contributed by atoms with E-state index in [0.29, 0.717) is 5.41 Å². The Morgan fingerprint density at radius 3 is 2.86 bits per heavy atom. The van der Waals surface area contributed by atoms with Crippen LogP contribution in [0.2, 0.25) is 0 Å². The van der Waals surface area contributed by atoms with Crippen molar-refractivity contribution in [2.45, 2.75) is 31.2 Å². The molecule has 0 radical (unpaired) electrons. The summed E-state index contributed by atoms with van der Waals surface area (Å²) in [7, 11) is 0. The van der Waals surface area contributed by atoms with Crippen molar-refractivity contribution in [1.29, 1.82) is 0 Å². The Hall–Kier alpha value is -0.890. The van der Waals surface area contributed by atoms with Crippen molar-refractivity contribution in [1.82, 2.24) is 5.32 Å². The van der Waals surface area contributed by atoms with E-state index in [0.717, 1.165) is 18.7 Å². The van der Waals surface area contributed by atoms with E-state index in [9.17, 15) is 4.39 Å². The van der Waals surface area contributed by atoms with Gasteiger partial charge in [-0.25, -0.2) is 4.39 Å². The van der Waals surface area contributed by atoms with Crippen LogP contribution in [0.3, 0.4) is 0 Å². The van der Waals surface area contributed by atoms with E-state index in [1.54, 1.807) is 12.1 Å². The van der Waals surface area contributed by atoms with Crippen LogP contribution in [0.5, 0.6) is 0 Å². The molecule has 3 rings (SSSR count). The van der Waals surface area contributed by atoms with Gasteiger partial charge in [0.25, 0.3) is 0 Å². The van der Waals surface area contributed by atoms with Crippen LogP contribution < -0.4 is 5.32 Å². The minimum Gasteiger partial charge on any atom is -0.312 e. The standard InChI is InChI=1S/C12H14FN/c13-10-2-3-11-9(6-10)7-14-8-12(11)4-1-5-12/h2-3,6,14H,1,4-5,7-8H2. The summed E-state index contributed by atoms with van der Waals surface area (Å²) in [6, 6.07) is 5.27. The highest BCUT2D eigenvalue weighted by Gasteiger charge is 2.41. The van der Waals surface area contributed by atoms with Crippen molar-refractivity contribution in [3.8, 4) is 0 Å². The molecule has 2 heteroatoms. The van der Waals surface area contributed by atoms with Crippen LogP contribution in [-0.2, 0) is 12.0 Å². The maximum Gasteiger partial charge on any atom is 0.123 e. The van der Waals surface area contributed by atoms with Crippen LogP contribution in [0.1, 0.15) is 30.4 Å². The average Bonchev–Trinajstić information content (AvgIpc) is 2.13. The molecule has 1 aliphatic carbocycles. The first-order valence-corrected chi connectivity index (χ1v) is 5.30. The summed E-state index contributed by atoms with van der Waals surface area (Å²) in [6.07, 6.45) is 3.84. The van der Waals surface area contributed by atoms with Gasteiger partial charge >= 0.3 is 0 Å². The molecule has 74 valence electrons. The van der Waals surface area contributed by atoms with Crippen molar-refractivity contribution in [3.05, 3.63) is 35.1 Å². The number of nitrogens with one attached hydrogen (secondary N) is 1. The lowest BCUT2D eigenvalue weighted by Gasteiger charge is -2.46. The molecular weight excluding hydrogens is 177 g/mol. The predicted molar refractivity (Wildman–Crippen MR) is 53.6 cm³/mol. The lowest BCUT2D eigenvalue weighted by atomic mass is 9.62. The zero-order valence-corrected chi connectivity index (χ0v) is 8.15. The maximum absolute atomic E-state index is 13.0. The topological polar surface area (TPSA) is 12.0 Å². The molecule has 1 saturated carbocycles. The monoisotopic (exact) mass is 191 g/mol. The summed E-state index contributed by atoms with van der Waals surface area (Å²) in [4.78, 5) is 0. The fraction of sp³-hybridized carbons (Fsp3) is 0.500. The largest absolute Gasteiger partial charge is 0.312 e. The van der Waals surface area contributed by atoms with E-state index in [-0.39, 0.29) is 5.82 Å². The third-order valence-corrected chi connectivity index (χ3v) is 3.73. The molecule has 0 unspecified atom stereocenters. The predicted octanol–water partition coefficient (Wildman–Crippen LogP) is 2.35. The summed E-state index contributed by atoms with van der Waals surface area (Å²) in [5.41, 5.74) is 2.90. The van der Waals surface area contributed by atoms with E-state index in [1.165, 1.54) is 24.8 Å². The van der Waals surface area contributed by atoms with Crippen LogP contribution in [0.15, 0.2) is 18.2 Å². The highest BCUT2D eigenvalue weighted by atomic mass is 19.1. The molecule has 1 spiro atoms. The van der Waals surface area contributed by atoms with E-state index < -0.39 is 0 Å². The minimum atomic E-state index is -0.109. The normalized spacial score (nSPS) is 22.9. The van der Waals surface area contributed by atoms with Crippen molar-refractivity contribution in [2.75, 3.05) is 6.54 Å². The first-order valence-electron chi connectivity index (χ1n) is 5.30. The van der Waals surface area contributed by atoms with Crippen LogP contribution in [0.4, 0.5) is 4.39 Å². The van der Waals surface area contributed by atoms with Crippen molar-refractivity contribution < 1.29 is 4.39 Å². The van der Waals surface area contributed by atoms with E-state index >= 15 is 0 Å². The van der Waals surface area contributed by atoms with Crippen molar-refractivity contribution in [3.63, 3.8) is 0 Å². The van der Waals surface area contributed by atoms with Crippen LogP contribution in [0, 0.1) is 5.82 Å².